The van der Waals surface area contributed by atoms with Crippen LogP contribution in [0.1, 0.15) is 329 Å². The summed E-state index contributed by atoms with van der Waals surface area (Å²) in [5, 5.41) is 0. The van der Waals surface area contributed by atoms with E-state index in [1.807, 2.05) is 0 Å². The zero-order valence-corrected chi connectivity index (χ0v) is 45.2. The molecule has 6 nitrogen and oxygen atoms in total. The predicted octanol–water partition coefficient (Wildman–Crippen LogP) is 19.9. The van der Waals surface area contributed by atoms with Gasteiger partial charge in [0.1, 0.15) is 13.2 Å². The molecule has 0 aromatic rings. The highest BCUT2D eigenvalue weighted by Gasteiger charge is 2.19. The minimum atomic E-state index is -0.774. The first-order valence-electron chi connectivity index (χ1n) is 29.9. The van der Waals surface area contributed by atoms with Gasteiger partial charge in [-0.3, -0.25) is 14.4 Å². The van der Waals surface area contributed by atoms with Gasteiger partial charge in [0, 0.05) is 19.3 Å². The van der Waals surface area contributed by atoms with E-state index in [9.17, 15) is 14.4 Å². The SMILES string of the molecule is CCCCCCCCC/C=C\C=C/CCCCCCCC(=O)OC(COC(=O)CCCCCCCCCCCCCC)COC(=O)CCCCCCCCCCCCCCCCCCCCC. The van der Waals surface area contributed by atoms with E-state index in [1.165, 1.54) is 212 Å². The Morgan fingerprint density at radius 1 is 0.299 bits per heavy atom. The van der Waals surface area contributed by atoms with Gasteiger partial charge in [-0.1, -0.05) is 289 Å². The van der Waals surface area contributed by atoms with Crippen LogP contribution in [0.3, 0.4) is 0 Å². The second-order valence-corrected chi connectivity index (χ2v) is 20.3. The summed E-state index contributed by atoms with van der Waals surface area (Å²) in [5.41, 5.74) is 0. The molecule has 0 aromatic carbocycles. The Bertz CT molecular complexity index is 1080. The molecule has 0 fully saturated rings. The molecule has 0 aromatic heterocycles. The third kappa shape index (κ3) is 54.7. The van der Waals surface area contributed by atoms with Gasteiger partial charge in [-0.25, -0.2) is 0 Å². The van der Waals surface area contributed by atoms with Crippen molar-refractivity contribution in [3.63, 3.8) is 0 Å². The van der Waals surface area contributed by atoms with Gasteiger partial charge in [-0.2, -0.15) is 0 Å². The molecule has 6 heteroatoms. The second kappa shape index (κ2) is 56.5. The van der Waals surface area contributed by atoms with Crippen molar-refractivity contribution in [3.05, 3.63) is 24.3 Å². The standard InChI is InChI=1S/C61H114O6/c1-4-7-10-13-16-19-22-25-27-29-31-33-34-36-39-42-45-48-51-54-60(63)66-57-58(56-65-59(62)53-50-47-44-41-38-24-21-18-15-12-9-6-3)67-61(64)55-52-49-46-43-40-37-35-32-30-28-26-23-20-17-14-11-8-5-2/h28,30,32,35,58H,4-27,29,31,33-34,36-57H2,1-3H3/b30-28-,35-32-. The Kier molecular flexibility index (Phi) is 54.7. The quantitative estimate of drug-likeness (QED) is 0.0262. The molecule has 1 atom stereocenters. The monoisotopic (exact) mass is 943 g/mol. The number of ether oxygens (including phenoxy) is 3. The van der Waals surface area contributed by atoms with Crippen LogP contribution in [0.2, 0.25) is 0 Å². The average molecular weight is 944 g/mol. The molecular formula is C61H114O6. The van der Waals surface area contributed by atoms with Crippen LogP contribution in [0.4, 0.5) is 0 Å². The molecule has 0 aliphatic carbocycles. The van der Waals surface area contributed by atoms with Gasteiger partial charge in [0.2, 0.25) is 0 Å². The van der Waals surface area contributed by atoms with Gasteiger partial charge in [-0.05, 0) is 44.9 Å². The molecule has 0 rings (SSSR count). The van der Waals surface area contributed by atoms with E-state index in [0.29, 0.717) is 19.3 Å². The summed E-state index contributed by atoms with van der Waals surface area (Å²) in [5.74, 6) is -0.865. The van der Waals surface area contributed by atoms with Crippen LogP contribution in [-0.4, -0.2) is 37.2 Å². The highest BCUT2D eigenvalue weighted by Crippen LogP contribution is 2.17. The Balaban J connectivity index is 4.31. The Hall–Kier alpha value is -2.11. The molecular weight excluding hydrogens is 829 g/mol. The largest absolute Gasteiger partial charge is 0.462 e. The van der Waals surface area contributed by atoms with Crippen LogP contribution in [0.25, 0.3) is 0 Å². The molecule has 0 spiro atoms. The molecule has 0 saturated carbocycles. The summed E-state index contributed by atoms with van der Waals surface area (Å²) in [6, 6.07) is 0. The number of hydrogen-bond donors (Lipinski definition) is 0. The van der Waals surface area contributed by atoms with Crippen LogP contribution in [0, 0.1) is 0 Å². The highest BCUT2D eigenvalue weighted by molar-refractivity contribution is 5.71. The molecule has 0 aliphatic heterocycles. The third-order valence-corrected chi connectivity index (χ3v) is 13.5. The third-order valence-electron chi connectivity index (χ3n) is 13.5. The van der Waals surface area contributed by atoms with Crippen molar-refractivity contribution < 1.29 is 28.6 Å². The van der Waals surface area contributed by atoms with Gasteiger partial charge in [0.15, 0.2) is 6.10 Å². The number of rotatable bonds is 55. The smallest absolute Gasteiger partial charge is 0.306 e. The lowest BCUT2D eigenvalue weighted by Gasteiger charge is -2.18. The Labute approximate surface area is 417 Å². The summed E-state index contributed by atoms with van der Waals surface area (Å²) in [4.78, 5) is 38.1. The normalized spacial score (nSPS) is 12.1. The fraction of sp³-hybridized carbons (Fsp3) is 0.885. The van der Waals surface area contributed by atoms with Gasteiger partial charge >= 0.3 is 17.9 Å². The molecule has 0 heterocycles. The summed E-state index contributed by atoms with van der Waals surface area (Å²) < 4.78 is 16.9. The summed E-state index contributed by atoms with van der Waals surface area (Å²) in [7, 11) is 0. The van der Waals surface area contributed by atoms with E-state index in [0.717, 1.165) is 77.0 Å². The van der Waals surface area contributed by atoms with E-state index in [4.69, 9.17) is 14.2 Å². The van der Waals surface area contributed by atoms with E-state index in [1.54, 1.807) is 0 Å². The van der Waals surface area contributed by atoms with Crippen LogP contribution >= 0.6 is 0 Å². The van der Waals surface area contributed by atoms with E-state index in [2.05, 4.69) is 45.1 Å². The predicted molar refractivity (Wildman–Crippen MR) is 289 cm³/mol. The lowest BCUT2D eigenvalue weighted by Crippen LogP contribution is -2.30. The van der Waals surface area contributed by atoms with Crippen molar-refractivity contribution >= 4 is 17.9 Å². The molecule has 0 aliphatic rings. The van der Waals surface area contributed by atoms with E-state index < -0.39 is 6.10 Å². The molecule has 0 radical (unpaired) electrons. The number of hydrogen-bond acceptors (Lipinski definition) is 6. The minimum Gasteiger partial charge on any atom is -0.462 e. The fourth-order valence-electron chi connectivity index (χ4n) is 8.97. The van der Waals surface area contributed by atoms with Crippen molar-refractivity contribution in [2.75, 3.05) is 13.2 Å². The maximum absolute atomic E-state index is 12.9. The zero-order valence-electron chi connectivity index (χ0n) is 45.2. The van der Waals surface area contributed by atoms with Gasteiger partial charge in [0.05, 0.1) is 0 Å². The number of carbonyl (C=O) groups is 3. The fourth-order valence-corrected chi connectivity index (χ4v) is 8.97. The van der Waals surface area contributed by atoms with Crippen molar-refractivity contribution in [2.45, 2.75) is 335 Å². The Morgan fingerprint density at radius 2 is 0.522 bits per heavy atom. The number of carbonyl (C=O) groups excluding carboxylic acids is 3. The van der Waals surface area contributed by atoms with Crippen molar-refractivity contribution in [1.82, 2.24) is 0 Å². The van der Waals surface area contributed by atoms with Gasteiger partial charge in [-0.15, -0.1) is 0 Å². The van der Waals surface area contributed by atoms with Crippen molar-refractivity contribution in [2.24, 2.45) is 0 Å². The highest BCUT2D eigenvalue weighted by atomic mass is 16.6. The van der Waals surface area contributed by atoms with Crippen LogP contribution in [0.15, 0.2) is 24.3 Å². The average Bonchev–Trinajstić information content (AvgIpc) is 3.33. The lowest BCUT2D eigenvalue weighted by molar-refractivity contribution is -0.167. The molecule has 0 saturated heterocycles. The lowest BCUT2D eigenvalue weighted by atomic mass is 10.0. The Morgan fingerprint density at radius 3 is 0.791 bits per heavy atom. The molecule has 67 heavy (non-hydrogen) atoms. The van der Waals surface area contributed by atoms with Crippen molar-refractivity contribution in [1.29, 1.82) is 0 Å². The maximum atomic E-state index is 12.9. The van der Waals surface area contributed by atoms with E-state index >= 15 is 0 Å². The molecule has 0 bridgehead atoms. The summed E-state index contributed by atoms with van der Waals surface area (Å²) >= 11 is 0. The molecule has 0 N–H and O–H groups in total. The number of esters is 3. The van der Waals surface area contributed by atoms with Crippen LogP contribution < -0.4 is 0 Å². The number of allylic oxidation sites excluding steroid dienone is 4. The van der Waals surface area contributed by atoms with Gasteiger partial charge in [0.25, 0.3) is 0 Å². The zero-order chi connectivity index (χ0) is 48.6. The first-order chi connectivity index (χ1) is 33.0. The van der Waals surface area contributed by atoms with Gasteiger partial charge < -0.3 is 14.2 Å². The van der Waals surface area contributed by atoms with E-state index in [-0.39, 0.29) is 31.1 Å². The molecule has 1 unspecified atom stereocenters. The molecule has 394 valence electrons. The van der Waals surface area contributed by atoms with Crippen molar-refractivity contribution in [3.8, 4) is 0 Å². The molecule has 0 amide bonds. The summed E-state index contributed by atoms with van der Waals surface area (Å²) in [6.07, 6.45) is 66.0. The second-order valence-electron chi connectivity index (χ2n) is 20.3. The number of unbranched alkanes of at least 4 members (excludes halogenated alkanes) is 41. The maximum Gasteiger partial charge on any atom is 0.306 e. The first kappa shape index (κ1) is 64.9. The van der Waals surface area contributed by atoms with Crippen LogP contribution in [-0.2, 0) is 28.6 Å². The minimum absolute atomic E-state index is 0.0720. The van der Waals surface area contributed by atoms with Crippen LogP contribution in [0.5, 0.6) is 0 Å². The summed E-state index contributed by atoms with van der Waals surface area (Å²) in [6.45, 7) is 6.67. The topological polar surface area (TPSA) is 78.9 Å². The first-order valence-corrected chi connectivity index (χ1v) is 29.9.